The molecule has 2 heterocycles. The van der Waals surface area contributed by atoms with Crippen LogP contribution in [0, 0.1) is 25.5 Å². The SMILES string of the molecule is CCCn1ncc(CN[C@@H](C)c2cnn(-c3ccc(F)cc3F)c2C)c1C. The number of hydrogen-bond acceptors (Lipinski definition) is 3. The summed E-state index contributed by atoms with van der Waals surface area (Å²) in [6, 6.07) is 3.53. The minimum Gasteiger partial charge on any atom is -0.306 e. The molecule has 7 heteroatoms. The van der Waals surface area contributed by atoms with E-state index in [4.69, 9.17) is 0 Å². The third kappa shape index (κ3) is 3.93. The van der Waals surface area contributed by atoms with Gasteiger partial charge in [0.05, 0.1) is 12.4 Å². The maximum Gasteiger partial charge on any atom is 0.151 e. The molecule has 0 unspecified atom stereocenters. The molecule has 1 aromatic carbocycles. The Hall–Kier alpha value is -2.54. The van der Waals surface area contributed by atoms with E-state index >= 15 is 0 Å². The van der Waals surface area contributed by atoms with Gasteiger partial charge in [-0.1, -0.05) is 6.92 Å². The summed E-state index contributed by atoms with van der Waals surface area (Å²) in [6.45, 7) is 9.73. The van der Waals surface area contributed by atoms with Crippen LogP contribution < -0.4 is 5.32 Å². The van der Waals surface area contributed by atoms with E-state index in [1.807, 2.05) is 24.7 Å². The maximum absolute atomic E-state index is 14.1. The van der Waals surface area contributed by atoms with E-state index in [9.17, 15) is 8.78 Å². The van der Waals surface area contributed by atoms with Crippen molar-refractivity contribution < 1.29 is 8.78 Å². The standard InChI is InChI=1S/C20H25F2N5/c1-5-8-26-14(3)16(11-24-26)10-23-13(2)18-12-25-27(15(18)4)20-7-6-17(21)9-19(20)22/h6-7,9,11-13,23H,5,8,10H2,1-4H3/t13-/m0/s1. The van der Waals surface area contributed by atoms with E-state index in [1.54, 1.807) is 6.20 Å². The average molecular weight is 373 g/mol. The van der Waals surface area contributed by atoms with Crippen LogP contribution >= 0.6 is 0 Å². The summed E-state index contributed by atoms with van der Waals surface area (Å²) in [7, 11) is 0. The van der Waals surface area contributed by atoms with E-state index in [2.05, 4.69) is 29.4 Å². The van der Waals surface area contributed by atoms with Gasteiger partial charge in [0, 0.05) is 47.7 Å². The van der Waals surface area contributed by atoms with Crippen molar-refractivity contribution in [3.05, 3.63) is 64.7 Å². The normalized spacial score (nSPS) is 12.5. The lowest BCUT2D eigenvalue weighted by molar-refractivity contribution is 0.561. The molecule has 0 saturated heterocycles. The van der Waals surface area contributed by atoms with Gasteiger partial charge in [-0.2, -0.15) is 10.2 Å². The average Bonchev–Trinajstić information content (AvgIpc) is 3.17. The number of aryl methyl sites for hydroxylation is 1. The zero-order chi connectivity index (χ0) is 19.6. The second kappa shape index (κ2) is 8.00. The molecule has 0 radical (unpaired) electrons. The third-order valence-corrected chi connectivity index (χ3v) is 4.89. The first-order valence-corrected chi connectivity index (χ1v) is 9.17. The molecular formula is C20H25F2N5. The summed E-state index contributed by atoms with van der Waals surface area (Å²) in [4.78, 5) is 0. The molecule has 1 atom stereocenters. The first kappa shape index (κ1) is 19.2. The molecule has 3 rings (SSSR count). The summed E-state index contributed by atoms with van der Waals surface area (Å²) in [6.07, 6.45) is 4.67. The van der Waals surface area contributed by atoms with Gasteiger partial charge < -0.3 is 5.32 Å². The fraction of sp³-hybridized carbons (Fsp3) is 0.400. The Kier molecular flexibility index (Phi) is 5.70. The smallest absolute Gasteiger partial charge is 0.151 e. The molecule has 3 aromatic rings. The Morgan fingerprint density at radius 1 is 1.11 bits per heavy atom. The van der Waals surface area contributed by atoms with Crippen LogP contribution in [0.4, 0.5) is 8.78 Å². The van der Waals surface area contributed by atoms with Crippen LogP contribution in [0.3, 0.4) is 0 Å². The van der Waals surface area contributed by atoms with Crippen LogP contribution in [0.15, 0.2) is 30.6 Å². The number of benzene rings is 1. The molecule has 1 N–H and O–H groups in total. The Labute approximate surface area is 158 Å². The molecule has 0 aliphatic carbocycles. The Bertz CT molecular complexity index is 929. The highest BCUT2D eigenvalue weighted by molar-refractivity contribution is 5.37. The number of nitrogens with one attached hydrogen (secondary N) is 1. The number of hydrogen-bond donors (Lipinski definition) is 1. The summed E-state index contributed by atoms with van der Waals surface area (Å²) in [5.74, 6) is -1.23. The lowest BCUT2D eigenvalue weighted by Crippen LogP contribution is -2.19. The van der Waals surface area contributed by atoms with Gasteiger partial charge >= 0.3 is 0 Å². The third-order valence-electron chi connectivity index (χ3n) is 4.89. The van der Waals surface area contributed by atoms with Crippen molar-refractivity contribution in [3.8, 4) is 5.69 Å². The van der Waals surface area contributed by atoms with Crippen molar-refractivity contribution in [2.24, 2.45) is 0 Å². The zero-order valence-electron chi connectivity index (χ0n) is 16.1. The first-order valence-electron chi connectivity index (χ1n) is 9.17. The number of aromatic nitrogens is 4. The Morgan fingerprint density at radius 2 is 1.89 bits per heavy atom. The summed E-state index contributed by atoms with van der Waals surface area (Å²) in [5, 5.41) is 12.2. The predicted octanol–water partition coefficient (Wildman–Crippen LogP) is 4.22. The van der Waals surface area contributed by atoms with Crippen LogP contribution in [-0.2, 0) is 13.1 Å². The summed E-state index contributed by atoms with van der Waals surface area (Å²) >= 11 is 0. The van der Waals surface area contributed by atoms with E-state index in [0.717, 1.165) is 41.5 Å². The van der Waals surface area contributed by atoms with Gasteiger partial charge in [-0.3, -0.25) is 4.68 Å². The number of nitrogens with zero attached hydrogens (tertiary/aromatic N) is 4. The molecule has 5 nitrogen and oxygen atoms in total. The largest absolute Gasteiger partial charge is 0.306 e. The minimum absolute atomic E-state index is 0.0242. The van der Waals surface area contributed by atoms with E-state index < -0.39 is 11.6 Å². The van der Waals surface area contributed by atoms with Crippen LogP contribution in [0.25, 0.3) is 5.69 Å². The van der Waals surface area contributed by atoms with Crippen LogP contribution in [-0.4, -0.2) is 19.6 Å². The lowest BCUT2D eigenvalue weighted by atomic mass is 10.1. The van der Waals surface area contributed by atoms with Gasteiger partial charge in [0.2, 0.25) is 0 Å². The van der Waals surface area contributed by atoms with Gasteiger partial charge in [0.25, 0.3) is 0 Å². The first-order chi connectivity index (χ1) is 12.9. The fourth-order valence-electron chi connectivity index (χ4n) is 3.21. The van der Waals surface area contributed by atoms with Gasteiger partial charge in [-0.15, -0.1) is 0 Å². The van der Waals surface area contributed by atoms with Crippen molar-refractivity contribution in [1.82, 2.24) is 24.9 Å². The van der Waals surface area contributed by atoms with E-state index in [1.165, 1.54) is 16.8 Å². The fourth-order valence-corrected chi connectivity index (χ4v) is 3.21. The van der Waals surface area contributed by atoms with Crippen LogP contribution in [0.2, 0.25) is 0 Å². The molecule has 27 heavy (non-hydrogen) atoms. The molecule has 0 aliphatic rings. The monoisotopic (exact) mass is 373 g/mol. The van der Waals surface area contributed by atoms with E-state index in [0.29, 0.717) is 6.54 Å². The molecular weight excluding hydrogens is 348 g/mol. The van der Waals surface area contributed by atoms with Crippen molar-refractivity contribution in [1.29, 1.82) is 0 Å². The van der Waals surface area contributed by atoms with Crippen LogP contribution in [0.5, 0.6) is 0 Å². The topological polar surface area (TPSA) is 47.7 Å². The van der Waals surface area contributed by atoms with E-state index in [-0.39, 0.29) is 11.7 Å². The molecule has 144 valence electrons. The lowest BCUT2D eigenvalue weighted by Gasteiger charge is -2.14. The molecule has 0 spiro atoms. The van der Waals surface area contributed by atoms with Gasteiger partial charge in [-0.25, -0.2) is 13.5 Å². The molecule has 0 amide bonds. The number of halogens is 2. The molecule has 0 saturated carbocycles. The van der Waals surface area contributed by atoms with Gasteiger partial charge in [0.15, 0.2) is 5.82 Å². The summed E-state index contributed by atoms with van der Waals surface area (Å²) < 4.78 is 30.8. The highest BCUT2D eigenvalue weighted by Gasteiger charge is 2.17. The minimum atomic E-state index is -0.632. The predicted molar refractivity (Wildman–Crippen MR) is 101 cm³/mol. The van der Waals surface area contributed by atoms with Crippen molar-refractivity contribution >= 4 is 0 Å². The zero-order valence-corrected chi connectivity index (χ0v) is 16.1. The van der Waals surface area contributed by atoms with Crippen LogP contribution in [0.1, 0.15) is 48.8 Å². The number of rotatable bonds is 7. The van der Waals surface area contributed by atoms with Crippen molar-refractivity contribution in [3.63, 3.8) is 0 Å². The highest BCUT2D eigenvalue weighted by Crippen LogP contribution is 2.22. The Morgan fingerprint density at radius 3 is 2.59 bits per heavy atom. The molecule has 0 fully saturated rings. The highest BCUT2D eigenvalue weighted by atomic mass is 19.1. The molecule has 0 aliphatic heterocycles. The summed E-state index contributed by atoms with van der Waals surface area (Å²) in [5.41, 5.74) is 4.35. The second-order valence-electron chi connectivity index (χ2n) is 6.77. The Balaban J connectivity index is 1.74. The van der Waals surface area contributed by atoms with Crippen molar-refractivity contribution in [2.45, 2.75) is 53.2 Å². The maximum atomic E-state index is 14.1. The van der Waals surface area contributed by atoms with Gasteiger partial charge in [-0.05, 0) is 39.3 Å². The quantitative estimate of drug-likeness (QED) is 0.674. The second-order valence-corrected chi connectivity index (χ2v) is 6.77. The van der Waals surface area contributed by atoms with Gasteiger partial charge in [0.1, 0.15) is 11.5 Å². The van der Waals surface area contributed by atoms with Crippen molar-refractivity contribution in [2.75, 3.05) is 0 Å². The molecule has 0 bridgehead atoms. The molecule has 2 aromatic heterocycles.